The molecular formula is C15H16N2O2S. The molecule has 0 aliphatic rings. The molecule has 1 unspecified atom stereocenters. The molecule has 2 rings (SSSR count). The van der Waals surface area contributed by atoms with Crippen molar-refractivity contribution in [3.05, 3.63) is 54.1 Å². The van der Waals surface area contributed by atoms with Crippen molar-refractivity contribution in [2.75, 3.05) is 16.8 Å². The second-order valence-electron chi connectivity index (χ2n) is 4.48. The minimum absolute atomic E-state index is 0.0712. The average molecular weight is 288 g/mol. The zero-order chi connectivity index (χ0) is 14.5. The first-order chi connectivity index (χ1) is 9.54. The molecule has 0 aromatic heterocycles. The summed E-state index contributed by atoms with van der Waals surface area (Å²) < 4.78 is 12.1. The highest BCUT2D eigenvalue weighted by Crippen LogP contribution is 2.13. The summed E-state index contributed by atoms with van der Waals surface area (Å²) in [7, 11) is -1.35. The first kappa shape index (κ1) is 14.3. The monoisotopic (exact) mass is 288 g/mol. The number of nitrogen functional groups attached to an aromatic ring is 1. The third-order valence-corrected chi connectivity index (χ3v) is 3.99. The minimum atomic E-state index is -1.35. The maximum atomic E-state index is 12.1. The van der Waals surface area contributed by atoms with Crippen molar-refractivity contribution in [1.29, 1.82) is 0 Å². The molecule has 104 valence electrons. The van der Waals surface area contributed by atoms with Gasteiger partial charge in [-0.3, -0.25) is 9.00 Å². The van der Waals surface area contributed by atoms with Crippen LogP contribution in [0.2, 0.25) is 0 Å². The highest BCUT2D eigenvalue weighted by atomic mass is 32.2. The lowest BCUT2D eigenvalue weighted by Crippen LogP contribution is -2.19. The number of anilines is 2. The Balaban J connectivity index is 1.99. The Morgan fingerprint density at radius 2 is 1.95 bits per heavy atom. The molecule has 0 radical (unpaired) electrons. The van der Waals surface area contributed by atoms with Crippen LogP contribution in [0.4, 0.5) is 11.4 Å². The van der Waals surface area contributed by atoms with E-state index in [1.807, 2.05) is 25.1 Å². The highest BCUT2D eigenvalue weighted by Gasteiger charge is 2.10. The number of benzene rings is 2. The number of carbonyl (C=O) groups excluding carboxylic acids is 1. The van der Waals surface area contributed by atoms with E-state index in [0.29, 0.717) is 16.3 Å². The molecule has 2 aromatic rings. The Hall–Kier alpha value is -2.14. The lowest BCUT2D eigenvalue weighted by molar-refractivity contribution is -0.113. The van der Waals surface area contributed by atoms with Gasteiger partial charge in [-0.2, -0.15) is 0 Å². The van der Waals surface area contributed by atoms with Gasteiger partial charge in [0, 0.05) is 16.3 Å². The summed E-state index contributed by atoms with van der Waals surface area (Å²) in [5, 5.41) is 2.69. The number of hydrogen-bond donors (Lipinski definition) is 2. The van der Waals surface area contributed by atoms with Crippen LogP contribution < -0.4 is 11.1 Å². The van der Waals surface area contributed by atoms with Gasteiger partial charge in [0.05, 0.1) is 10.8 Å². The Kier molecular flexibility index (Phi) is 4.53. The van der Waals surface area contributed by atoms with E-state index in [9.17, 15) is 9.00 Å². The van der Waals surface area contributed by atoms with Crippen molar-refractivity contribution in [2.24, 2.45) is 0 Å². The van der Waals surface area contributed by atoms with Crippen LogP contribution >= 0.6 is 0 Å². The molecule has 0 spiro atoms. The van der Waals surface area contributed by atoms with Gasteiger partial charge in [0.15, 0.2) is 0 Å². The van der Waals surface area contributed by atoms with Gasteiger partial charge in [-0.15, -0.1) is 0 Å². The van der Waals surface area contributed by atoms with Crippen LogP contribution in [0.5, 0.6) is 0 Å². The molecule has 0 aliphatic carbocycles. The number of nitrogens with one attached hydrogen (secondary N) is 1. The summed E-state index contributed by atoms with van der Waals surface area (Å²) in [6.07, 6.45) is 0. The maximum absolute atomic E-state index is 12.1. The van der Waals surface area contributed by atoms with E-state index in [4.69, 9.17) is 5.73 Å². The second-order valence-corrected chi connectivity index (χ2v) is 5.93. The number of nitrogens with two attached hydrogens (primary N) is 1. The van der Waals surface area contributed by atoms with Crippen molar-refractivity contribution in [2.45, 2.75) is 11.8 Å². The summed E-state index contributed by atoms with van der Waals surface area (Å²) in [6.45, 7) is 1.92. The molecule has 1 amide bonds. The van der Waals surface area contributed by atoms with E-state index in [1.54, 1.807) is 30.3 Å². The standard InChI is InChI=1S/C15H16N2O2S/c1-11-4-2-7-14(8-11)20(19)10-15(18)17-13-6-3-5-12(16)9-13/h2-9H,10,16H2,1H3,(H,17,18). The zero-order valence-corrected chi connectivity index (χ0v) is 11.9. The molecule has 0 heterocycles. The lowest BCUT2D eigenvalue weighted by atomic mass is 10.2. The summed E-state index contributed by atoms with van der Waals surface area (Å²) in [5.41, 5.74) is 7.83. The Morgan fingerprint density at radius 1 is 1.20 bits per heavy atom. The Bertz CT molecular complexity index is 656. The van der Waals surface area contributed by atoms with Crippen LogP contribution in [0.25, 0.3) is 0 Å². The molecule has 20 heavy (non-hydrogen) atoms. The highest BCUT2D eigenvalue weighted by molar-refractivity contribution is 7.85. The van der Waals surface area contributed by atoms with Gasteiger partial charge < -0.3 is 11.1 Å². The first-order valence-corrected chi connectivity index (χ1v) is 7.47. The van der Waals surface area contributed by atoms with Crippen molar-refractivity contribution in [1.82, 2.24) is 0 Å². The van der Waals surface area contributed by atoms with Gasteiger partial charge >= 0.3 is 0 Å². The van der Waals surface area contributed by atoms with Crippen molar-refractivity contribution >= 4 is 28.1 Å². The van der Waals surface area contributed by atoms with Crippen LogP contribution in [0, 0.1) is 6.92 Å². The first-order valence-electron chi connectivity index (χ1n) is 6.15. The third-order valence-electron chi connectivity index (χ3n) is 2.69. The molecule has 0 fully saturated rings. The van der Waals surface area contributed by atoms with E-state index < -0.39 is 10.8 Å². The number of aryl methyl sites for hydroxylation is 1. The molecule has 4 nitrogen and oxygen atoms in total. The van der Waals surface area contributed by atoms with E-state index in [2.05, 4.69) is 5.32 Å². The van der Waals surface area contributed by atoms with Gasteiger partial charge in [0.2, 0.25) is 5.91 Å². The van der Waals surface area contributed by atoms with Crippen LogP contribution in [0.15, 0.2) is 53.4 Å². The molecule has 0 saturated heterocycles. The summed E-state index contributed by atoms with van der Waals surface area (Å²) in [4.78, 5) is 12.5. The quantitative estimate of drug-likeness (QED) is 0.848. The predicted octanol–water partition coefficient (Wildman–Crippen LogP) is 2.32. The molecule has 3 N–H and O–H groups in total. The smallest absolute Gasteiger partial charge is 0.237 e. The van der Waals surface area contributed by atoms with Crippen LogP contribution in [0.1, 0.15) is 5.56 Å². The predicted molar refractivity (Wildman–Crippen MR) is 81.9 cm³/mol. The Morgan fingerprint density at radius 3 is 2.65 bits per heavy atom. The average Bonchev–Trinajstić information content (AvgIpc) is 2.38. The van der Waals surface area contributed by atoms with Gasteiger partial charge in [-0.25, -0.2) is 0 Å². The fraction of sp³-hybridized carbons (Fsp3) is 0.133. The zero-order valence-electron chi connectivity index (χ0n) is 11.1. The largest absolute Gasteiger partial charge is 0.399 e. The van der Waals surface area contributed by atoms with Gasteiger partial charge in [-0.1, -0.05) is 18.2 Å². The fourth-order valence-corrected chi connectivity index (χ4v) is 2.80. The number of rotatable bonds is 4. The van der Waals surface area contributed by atoms with Crippen molar-refractivity contribution in [3.8, 4) is 0 Å². The van der Waals surface area contributed by atoms with E-state index in [1.165, 1.54) is 0 Å². The molecule has 0 bridgehead atoms. The Labute approximate surface area is 120 Å². The topological polar surface area (TPSA) is 72.2 Å². The molecular weight excluding hydrogens is 272 g/mol. The summed E-state index contributed by atoms with van der Waals surface area (Å²) in [6, 6.07) is 14.2. The van der Waals surface area contributed by atoms with Gasteiger partial charge in [0.25, 0.3) is 0 Å². The fourth-order valence-electron chi connectivity index (χ4n) is 1.77. The van der Waals surface area contributed by atoms with E-state index in [-0.39, 0.29) is 11.7 Å². The van der Waals surface area contributed by atoms with Crippen LogP contribution in [0.3, 0.4) is 0 Å². The lowest BCUT2D eigenvalue weighted by Gasteiger charge is -2.06. The number of hydrogen-bond acceptors (Lipinski definition) is 3. The second kappa shape index (κ2) is 6.34. The molecule has 5 heteroatoms. The number of amides is 1. The SMILES string of the molecule is Cc1cccc(S(=O)CC(=O)Nc2cccc(N)c2)c1. The maximum Gasteiger partial charge on any atom is 0.237 e. The van der Waals surface area contributed by atoms with Gasteiger partial charge in [-0.05, 0) is 42.8 Å². The summed E-state index contributed by atoms with van der Waals surface area (Å²) in [5.74, 6) is -0.367. The molecule has 2 aromatic carbocycles. The summed E-state index contributed by atoms with van der Waals surface area (Å²) >= 11 is 0. The third kappa shape index (κ3) is 3.93. The molecule has 1 atom stereocenters. The normalized spacial score (nSPS) is 11.8. The van der Waals surface area contributed by atoms with Crippen molar-refractivity contribution < 1.29 is 9.00 Å². The number of carbonyl (C=O) groups is 1. The van der Waals surface area contributed by atoms with Crippen molar-refractivity contribution in [3.63, 3.8) is 0 Å². The van der Waals surface area contributed by atoms with Crippen LogP contribution in [-0.4, -0.2) is 15.9 Å². The minimum Gasteiger partial charge on any atom is -0.399 e. The van der Waals surface area contributed by atoms with E-state index in [0.717, 1.165) is 5.56 Å². The van der Waals surface area contributed by atoms with Crippen LogP contribution in [-0.2, 0) is 15.6 Å². The van der Waals surface area contributed by atoms with E-state index >= 15 is 0 Å². The molecule has 0 aliphatic heterocycles. The van der Waals surface area contributed by atoms with Gasteiger partial charge in [0.1, 0.15) is 5.75 Å². The molecule has 0 saturated carbocycles.